The molecule has 0 amide bonds. The maximum Gasteiger partial charge on any atom is 0.434 e. The number of imidazole rings is 1. The molecule has 8 heteroatoms. The van der Waals surface area contributed by atoms with Crippen LogP contribution in [0, 0.1) is 5.82 Å². The first-order chi connectivity index (χ1) is 9.74. The van der Waals surface area contributed by atoms with Gasteiger partial charge in [0.2, 0.25) is 0 Å². The Morgan fingerprint density at radius 2 is 2.00 bits per heavy atom. The van der Waals surface area contributed by atoms with E-state index in [1.807, 2.05) is 0 Å². The zero-order valence-electron chi connectivity index (χ0n) is 11.3. The van der Waals surface area contributed by atoms with Crippen molar-refractivity contribution in [1.82, 2.24) is 14.5 Å². The highest BCUT2D eigenvalue weighted by molar-refractivity contribution is 5.52. The Bertz CT molecular complexity index is 649. The minimum Gasteiger partial charge on any atom is -0.392 e. The molecule has 0 aliphatic rings. The van der Waals surface area contributed by atoms with Crippen molar-refractivity contribution >= 4 is 0 Å². The Kier molecular flexibility index (Phi) is 3.99. The molecule has 0 saturated carbocycles. The molecule has 0 aliphatic carbocycles. The molecule has 21 heavy (non-hydrogen) atoms. The molecule has 0 aromatic carbocycles. The fourth-order valence-electron chi connectivity index (χ4n) is 1.83. The lowest BCUT2D eigenvalue weighted by molar-refractivity contribution is -0.140. The number of hydrogen-bond donors (Lipinski definition) is 1. The van der Waals surface area contributed by atoms with Gasteiger partial charge in [-0.25, -0.2) is 14.4 Å². The first-order valence-electron chi connectivity index (χ1n) is 6.15. The van der Waals surface area contributed by atoms with Gasteiger partial charge in [-0.05, 0) is 25.5 Å². The second kappa shape index (κ2) is 5.44. The number of halogens is 4. The average molecular weight is 303 g/mol. The second-order valence-electron chi connectivity index (χ2n) is 4.78. The van der Waals surface area contributed by atoms with E-state index in [0.717, 1.165) is 12.3 Å². The quantitative estimate of drug-likeness (QED) is 0.886. The molecule has 0 saturated heterocycles. The van der Waals surface area contributed by atoms with Crippen LogP contribution in [0.2, 0.25) is 0 Å². The van der Waals surface area contributed by atoms with Crippen LogP contribution in [0.25, 0.3) is 11.5 Å². The van der Waals surface area contributed by atoms with Crippen LogP contribution in [-0.2, 0) is 12.8 Å². The third-order valence-corrected chi connectivity index (χ3v) is 2.87. The number of nitrogens with zero attached hydrogens (tertiary/aromatic N) is 3. The van der Waals surface area contributed by atoms with Gasteiger partial charge in [-0.2, -0.15) is 13.2 Å². The summed E-state index contributed by atoms with van der Waals surface area (Å²) >= 11 is 0. The molecule has 2 rings (SSSR count). The third-order valence-electron chi connectivity index (χ3n) is 2.87. The lowest BCUT2D eigenvalue weighted by atomic mass is 10.2. The molecular formula is C13H13F4N3O. The van der Waals surface area contributed by atoms with Gasteiger partial charge in [0, 0.05) is 18.4 Å². The van der Waals surface area contributed by atoms with E-state index in [4.69, 9.17) is 5.11 Å². The van der Waals surface area contributed by atoms with E-state index in [1.54, 1.807) is 13.8 Å². The van der Waals surface area contributed by atoms with Crippen molar-refractivity contribution in [1.29, 1.82) is 0 Å². The van der Waals surface area contributed by atoms with Crippen molar-refractivity contribution in [3.63, 3.8) is 0 Å². The summed E-state index contributed by atoms with van der Waals surface area (Å²) in [5.74, 6) is -1.03. The summed E-state index contributed by atoms with van der Waals surface area (Å²) in [5.41, 5.74) is -1.15. The Balaban J connectivity index is 2.60. The zero-order chi connectivity index (χ0) is 15.8. The lowest BCUT2D eigenvalue weighted by Crippen LogP contribution is -2.05. The molecule has 0 atom stereocenters. The van der Waals surface area contributed by atoms with E-state index in [2.05, 4.69) is 9.97 Å². The number of aromatic nitrogens is 3. The van der Waals surface area contributed by atoms with Crippen LogP contribution >= 0.6 is 0 Å². The predicted octanol–water partition coefficient (Wildman–Crippen LogP) is 3.18. The summed E-state index contributed by atoms with van der Waals surface area (Å²) in [6.07, 6.45) is -2.58. The van der Waals surface area contributed by atoms with Crippen molar-refractivity contribution in [2.24, 2.45) is 0 Å². The molecule has 4 nitrogen and oxygen atoms in total. The highest BCUT2D eigenvalue weighted by Gasteiger charge is 2.35. The van der Waals surface area contributed by atoms with Crippen LogP contribution in [0.1, 0.15) is 31.1 Å². The van der Waals surface area contributed by atoms with E-state index in [0.29, 0.717) is 0 Å². The van der Waals surface area contributed by atoms with Crippen molar-refractivity contribution in [3.8, 4) is 11.5 Å². The smallest absolute Gasteiger partial charge is 0.392 e. The van der Waals surface area contributed by atoms with Crippen LogP contribution in [-0.4, -0.2) is 19.6 Å². The van der Waals surface area contributed by atoms with Crippen LogP contribution in [0.5, 0.6) is 0 Å². The summed E-state index contributed by atoms with van der Waals surface area (Å²) < 4.78 is 53.4. The standard InChI is InChI=1S/C13H13F4N3O/c1-7(2)20-5-10(13(15,16)17)19-12(20)11-9(14)3-8(6-21)4-18-11/h3-5,7,21H,6H2,1-2H3. The molecule has 2 heterocycles. The van der Waals surface area contributed by atoms with Gasteiger partial charge in [0.15, 0.2) is 17.3 Å². The molecule has 0 fully saturated rings. The topological polar surface area (TPSA) is 50.9 Å². The lowest BCUT2D eigenvalue weighted by Gasteiger charge is -2.11. The molecule has 2 aromatic heterocycles. The van der Waals surface area contributed by atoms with Crippen molar-refractivity contribution in [3.05, 3.63) is 35.5 Å². The minimum atomic E-state index is -4.61. The molecule has 2 aromatic rings. The van der Waals surface area contributed by atoms with E-state index in [-0.39, 0.29) is 23.1 Å². The minimum absolute atomic E-state index is 0.195. The highest BCUT2D eigenvalue weighted by Crippen LogP contribution is 2.32. The van der Waals surface area contributed by atoms with Gasteiger partial charge in [0.25, 0.3) is 0 Å². The van der Waals surface area contributed by atoms with Crippen LogP contribution < -0.4 is 0 Å². The molecule has 114 valence electrons. The van der Waals surface area contributed by atoms with E-state index >= 15 is 0 Å². The number of rotatable bonds is 3. The fourth-order valence-corrected chi connectivity index (χ4v) is 1.83. The van der Waals surface area contributed by atoms with Gasteiger partial charge in [-0.3, -0.25) is 0 Å². The molecule has 1 N–H and O–H groups in total. The Labute approximate surface area is 118 Å². The number of pyridine rings is 1. The number of aliphatic hydroxyl groups excluding tert-OH is 1. The van der Waals surface area contributed by atoms with Crippen molar-refractivity contribution < 1.29 is 22.7 Å². The maximum absolute atomic E-state index is 14.0. The normalized spacial score (nSPS) is 12.2. The third kappa shape index (κ3) is 3.05. The largest absolute Gasteiger partial charge is 0.434 e. The Morgan fingerprint density at radius 3 is 2.48 bits per heavy atom. The van der Waals surface area contributed by atoms with Crippen LogP contribution in [0.3, 0.4) is 0 Å². The van der Waals surface area contributed by atoms with Crippen molar-refractivity contribution in [2.45, 2.75) is 32.7 Å². The summed E-state index contributed by atoms with van der Waals surface area (Å²) in [4.78, 5) is 7.23. The predicted molar refractivity (Wildman–Crippen MR) is 66.7 cm³/mol. The monoisotopic (exact) mass is 303 g/mol. The van der Waals surface area contributed by atoms with Crippen LogP contribution in [0.4, 0.5) is 17.6 Å². The van der Waals surface area contributed by atoms with Gasteiger partial charge < -0.3 is 9.67 Å². The molecule has 0 radical (unpaired) electrons. The molecule has 0 spiro atoms. The molecular weight excluding hydrogens is 290 g/mol. The van der Waals surface area contributed by atoms with Crippen molar-refractivity contribution in [2.75, 3.05) is 0 Å². The van der Waals surface area contributed by atoms with E-state index in [1.165, 1.54) is 10.8 Å². The van der Waals surface area contributed by atoms with Crippen LogP contribution in [0.15, 0.2) is 18.5 Å². The second-order valence-corrected chi connectivity index (χ2v) is 4.78. The highest BCUT2D eigenvalue weighted by atomic mass is 19.4. The number of hydrogen-bond acceptors (Lipinski definition) is 3. The Hall–Kier alpha value is -1.96. The van der Waals surface area contributed by atoms with Gasteiger partial charge in [0.1, 0.15) is 5.69 Å². The summed E-state index contributed by atoms with van der Waals surface area (Å²) in [7, 11) is 0. The SMILES string of the molecule is CC(C)n1cc(C(F)(F)F)nc1-c1ncc(CO)cc1F. The average Bonchev–Trinajstić information content (AvgIpc) is 2.83. The zero-order valence-corrected chi connectivity index (χ0v) is 11.3. The Morgan fingerprint density at radius 1 is 1.33 bits per heavy atom. The van der Waals surface area contributed by atoms with E-state index < -0.39 is 24.3 Å². The van der Waals surface area contributed by atoms with E-state index in [9.17, 15) is 17.6 Å². The number of alkyl halides is 3. The van der Waals surface area contributed by atoms with Gasteiger partial charge in [0.05, 0.1) is 6.61 Å². The molecule has 0 unspecified atom stereocenters. The summed E-state index contributed by atoms with van der Waals surface area (Å²) in [6, 6.07) is 0.678. The summed E-state index contributed by atoms with van der Waals surface area (Å²) in [5, 5.41) is 8.90. The van der Waals surface area contributed by atoms with Gasteiger partial charge >= 0.3 is 6.18 Å². The molecule has 0 bridgehead atoms. The van der Waals surface area contributed by atoms with Gasteiger partial charge in [-0.15, -0.1) is 0 Å². The van der Waals surface area contributed by atoms with Gasteiger partial charge in [-0.1, -0.05) is 0 Å². The summed E-state index contributed by atoms with van der Waals surface area (Å²) in [6.45, 7) is 2.91. The number of aliphatic hydroxyl groups is 1. The molecule has 0 aliphatic heterocycles. The first kappa shape index (κ1) is 15.4. The fraction of sp³-hybridized carbons (Fsp3) is 0.385. The first-order valence-corrected chi connectivity index (χ1v) is 6.15. The maximum atomic E-state index is 14.0.